The third-order valence-corrected chi connectivity index (χ3v) is 2.78. The molecule has 0 spiro atoms. The van der Waals surface area contributed by atoms with E-state index in [2.05, 4.69) is 0 Å². The molecule has 1 atom stereocenters. The number of carboxylic acid groups (broad SMARTS) is 1. The van der Waals surface area contributed by atoms with Gasteiger partial charge in [0.05, 0.1) is 0 Å². The molecule has 0 aromatic rings. The van der Waals surface area contributed by atoms with Crippen LogP contribution in [0.25, 0.3) is 0 Å². The minimum absolute atomic E-state index is 0.489. The molecule has 0 heterocycles. The van der Waals surface area contributed by atoms with Crippen LogP contribution in [0.2, 0.25) is 0 Å². The summed E-state index contributed by atoms with van der Waals surface area (Å²) in [6.45, 7) is 1.60. The zero-order valence-electron chi connectivity index (χ0n) is 7.99. The number of nitrogens with zero attached hydrogens (tertiary/aromatic N) is 1. The predicted octanol–water partition coefficient (Wildman–Crippen LogP) is 0.718. The van der Waals surface area contributed by atoms with E-state index in [1.165, 1.54) is 11.9 Å². The van der Waals surface area contributed by atoms with Crippen molar-refractivity contribution in [1.82, 2.24) is 4.90 Å². The van der Waals surface area contributed by atoms with Crippen molar-refractivity contribution in [2.75, 3.05) is 7.05 Å². The van der Waals surface area contributed by atoms with Crippen LogP contribution in [0.5, 0.6) is 0 Å². The molecule has 0 aromatic carbocycles. The Morgan fingerprint density at radius 3 is 2.54 bits per heavy atom. The average Bonchev–Trinajstić information content (AvgIpc) is 2.86. The topological polar surface area (TPSA) is 57.6 Å². The first-order valence-corrected chi connectivity index (χ1v) is 4.42. The molecule has 1 saturated carbocycles. The van der Waals surface area contributed by atoms with Crippen LogP contribution in [0.4, 0.5) is 0 Å². The standard InChI is InChI=1S/C9H15NO3/c1-9(8(12)13,10(2)6-11)5-7-3-4-7/h6-7H,3-5H2,1-2H3,(H,12,13). The van der Waals surface area contributed by atoms with Gasteiger partial charge in [0.2, 0.25) is 6.41 Å². The molecular weight excluding hydrogens is 170 g/mol. The van der Waals surface area contributed by atoms with Crippen molar-refractivity contribution >= 4 is 12.4 Å². The molecule has 0 aromatic heterocycles. The quantitative estimate of drug-likeness (QED) is 0.642. The molecular formula is C9H15NO3. The monoisotopic (exact) mass is 185 g/mol. The van der Waals surface area contributed by atoms with Crippen LogP contribution in [-0.4, -0.2) is 35.0 Å². The van der Waals surface area contributed by atoms with Crippen molar-refractivity contribution < 1.29 is 14.7 Å². The first kappa shape index (κ1) is 10.0. The van der Waals surface area contributed by atoms with Gasteiger partial charge in [0, 0.05) is 7.05 Å². The fraction of sp³-hybridized carbons (Fsp3) is 0.778. The molecule has 4 heteroatoms. The van der Waals surface area contributed by atoms with Crippen LogP contribution in [0.15, 0.2) is 0 Å². The van der Waals surface area contributed by atoms with Gasteiger partial charge in [-0.2, -0.15) is 0 Å². The second-order valence-corrected chi connectivity index (χ2v) is 3.94. The van der Waals surface area contributed by atoms with Crippen molar-refractivity contribution in [2.45, 2.75) is 31.7 Å². The van der Waals surface area contributed by atoms with Gasteiger partial charge in [-0.05, 0) is 19.3 Å². The van der Waals surface area contributed by atoms with Crippen LogP contribution in [0.1, 0.15) is 26.2 Å². The van der Waals surface area contributed by atoms with E-state index < -0.39 is 11.5 Å². The molecule has 1 rings (SSSR count). The lowest BCUT2D eigenvalue weighted by atomic mass is 9.93. The van der Waals surface area contributed by atoms with E-state index in [0.29, 0.717) is 18.7 Å². The molecule has 1 fully saturated rings. The van der Waals surface area contributed by atoms with Crippen molar-refractivity contribution in [2.24, 2.45) is 5.92 Å². The van der Waals surface area contributed by atoms with Crippen molar-refractivity contribution in [3.05, 3.63) is 0 Å². The van der Waals surface area contributed by atoms with E-state index in [1.807, 2.05) is 0 Å². The molecule has 13 heavy (non-hydrogen) atoms. The van der Waals surface area contributed by atoms with E-state index in [4.69, 9.17) is 5.11 Å². The Morgan fingerprint density at radius 1 is 1.69 bits per heavy atom. The van der Waals surface area contributed by atoms with E-state index in [-0.39, 0.29) is 0 Å². The van der Waals surface area contributed by atoms with Gasteiger partial charge in [0.1, 0.15) is 5.54 Å². The van der Waals surface area contributed by atoms with Gasteiger partial charge in [-0.25, -0.2) is 4.79 Å². The Balaban J connectivity index is 2.71. The van der Waals surface area contributed by atoms with E-state index in [0.717, 1.165) is 12.8 Å². The zero-order valence-corrected chi connectivity index (χ0v) is 7.99. The van der Waals surface area contributed by atoms with Crippen LogP contribution in [-0.2, 0) is 9.59 Å². The Kier molecular flexibility index (Phi) is 2.59. The normalized spacial score (nSPS) is 20.5. The lowest BCUT2D eigenvalue weighted by molar-refractivity contribution is -0.153. The summed E-state index contributed by atoms with van der Waals surface area (Å²) >= 11 is 0. The smallest absolute Gasteiger partial charge is 0.329 e. The highest BCUT2D eigenvalue weighted by Crippen LogP contribution is 2.38. The van der Waals surface area contributed by atoms with Gasteiger partial charge in [0.15, 0.2) is 0 Å². The molecule has 1 amide bonds. The fourth-order valence-corrected chi connectivity index (χ4v) is 1.38. The van der Waals surface area contributed by atoms with Crippen molar-refractivity contribution in [3.63, 3.8) is 0 Å². The molecule has 1 aliphatic rings. The fourth-order valence-electron chi connectivity index (χ4n) is 1.38. The Labute approximate surface area is 77.5 Å². The van der Waals surface area contributed by atoms with Gasteiger partial charge < -0.3 is 10.0 Å². The summed E-state index contributed by atoms with van der Waals surface area (Å²) in [6, 6.07) is 0. The number of amides is 1. The summed E-state index contributed by atoms with van der Waals surface area (Å²) in [7, 11) is 1.52. The number of carbonyl (C=O) groups excluding carboxylic acids is 1. The summed E-state index contributed by atoms with van der Waals surface area (Å²) in [5.41, 5.74) is -1.02. The average molecular weight is 185 g/mol. The van der Waals surface area contributed by atoms with Gasteiger partial charge in [-0.1, -0.05) is 12.8 Å². The molecule has 0 saturated heterocycles. The Hall–Kier alpha value is -1.06. The number of rotatable bonds is 5. The lowest BCUT2D eigenvalue weighted by Crippen LogP contribution is -2.50. The Morgan fingerprint density at radius 2 is 2.23 bits per heavy atom. The number of aliphatic carboxylic acids is 1. The minimum Gasteiger partial charge on any atom is -0.480 e. The summed E-state index contributed by atoms with van der Waals surface area (Å²) in [4.78, 5) is 22.7. The first-order chi connectivity index (χ1) is 6.00. The number of hydrogen-bond donors (Lipinski definition) is 1. The highest BCUT2D eigenvalue weighted by atomic mass is 16.4. The van der Waals surface area contributed by atoms with E-state index in [9.17, 15) is 9.59 Å². The number of likely N-dealkylation sites (N-methyl/N-ethyl adjacent to an activating group) is 1. The molecule has 1 aliphatic carbocycles. The molecule has 0 aliphatic heterocycles. The third-order valence-electron chi connectivity index (χ3n) is 2.78. The minimum atomic E-state index is -1.02. The van der Waals surface area contributed by atoms with Crippen molar-refractivity contribution in [1.29, 1.82) is 0 Å². The summed E-state index contributed by atoms with van der Waals surface area (Å²) in [5, 5.41) is 9.01. The highest BCUT2D eigenvalue weighted by molar-refractivity contribution is 5.80. The van der Waals surface area contributed by atoms with Crippen LogP contribution < -0.4 is 0 Å². The maximum Gasteiger partial charge on any atom is 0.329 e. The molecule has 1 N–H and O–H groups in total. The zero-order chi connectivity index (χ0) is 10.1. The van der Waals surface area contributed by atoms with Gasteiger partial charge in [-0.15, -0.1) is 0 Å². The summed E-state index contributed by atoms with van der Waals surface area (Å²) < 4.78 is 0. The maximum absolute atomic E-state index is 11.0. The molecule has 74 valence electrons. The summed E-state index contributed by atoms with van der Waals surface area (Å²) in [6.07, 6.45) is 3.33. The maximum atomic E-state index is 11.0. The predicted molar refractivity (Wildman–Crippen MR) is 47.2 cm³/mol. The molecule has 1 unspecified atom stereocenters. The molecule has 4 nitrogen and oxygen atoms in total. The number of carbonyl (C=O) groups is 2. The highest BCUT2D eigenvalue weighted by Gasteiger charge is 2.42. The van der Waals surface area contributed by atoms with Gasteiger partial charge in [-0.3, -0.25) is 4.79 Å². The van der Waals surface area contributed by atoms with Crippen LogP contribution >= 0.6 is 0 Å². The number of hydrogen-bond acceptors (Lipinski definition) is 2. The van der Waals surface area contributed by atoms with Crippen LogP contribution in [0.3, 0.4) is 0 Å². The molecule has 0 bridgehead atoms. The second kappa shape index (κ2) is 3.36. The Bertz CT molecular complexity index is 225. The first-order valence-electron chi connectivity index (χ1n) is 4.42. The summed E-state index contributed by atoms with van der Waals surface area (Å²) in [5.74, 6) is -0.433. The van der Waals surface area contributed by atoms with Crippen molar-refractivity contribution in [3.8, 4) is 0 Å². The lowest BCUT2D eigenvalue weighted by Gasteiger charge is -2.32. The molecule has 0 radical (unpaired) electrons. The second-order valence-electron chi connectivity index (χ2n) is 3.94. The SMILES string of the molecule is CN(C=O)C(C)(CC1CC1)C(=O)O. The van der Waals surface area contributed by atoms with Gasteiger partial charge >= 0.3 is 5.97 Å². The number of carboxylic acids is 1. The van der Waals surface area contributed by atoms with E-state index in [1.54, 1.807) is 6.92 Å². The largest absolute Gasteiger partial charge is 0.480 e. The van der Waals surface area contributed by atoms with Crippen LogP contribution in [0, 0.1) is 5.92 Å². The third kappa shape index (κ3) is 1.99. The van der Waals surface area contributed by atoms with Gasteiger partial charge in [0.25, 0.3) is 0 Å². The van der Waals surface area contributed by atoms with E-state index >= 15 is 0 Å².